The number of benzene rings is 2. The van der Waals surface area contributed by atoms with Crippen molar-refractivity contribution in [2.24, 2.45) is 10.2 Å². The number of halogens is 1. The number of nitro groups is 2. The topological polar surface area (TPSA) is 227 Å². The first-order chi connectivity index (χ1) is 21.2. The molecule has 0 saturated heterocycles. The van der Waals surface area contributed by atoms with Crippen molar-refractivity contribution in [3.05, 3.63) is 74.5 Å². The Bertz CT molecular complexity index is 1410. The van der Waals surface area contributed by atoms with E-state index >= 15 is 0 Å². The van der Waals surface area contributed by atoms with Gasteiger partial charge in [0, 0.05) is 44.3 Å². The molecule has 0 aromatic heterocycles. The first kappa shape index (κ1) is 39.8. The van der Waals surface area contributed by atoms with E-state index in [9.17, 15) is 34.6 Å². The number of carbonyl (C=O) groups is 3. The summed E-state index contributed by atoms with van der Waals surface area (Å²) < 4.78 is 5.66. The third kappa shape index (κ3) is 14.2. The molecule has 2 rings (SSSR count). The number of non-ortho nitro benzene ring substituents is 1. The van der Waals surface area contributed by atoms with Crippen LogP contribution in [-0.4, -0.2) is 44.5 Å². The molecule has 0 bridgehead atoms. The molecule has 0 saturated carbocycles. The zero-order valence-corrected chi connectivity index (χ0v) is 26.8. The lowest BCUT2D eigenvalue weighted by Gasteiger charge is -2.21. The van der Waals surface area contributed by atoms with E-state index in [1.54, 1.807) is 17.9 Å². The van der Waals surface area contributed by atoms with Gasteiger partial charge >= 0.3 is 17.6 Å². The van der Waals surface area contributed by atoms with E-state index < -0.39 is 39.1 Å². The van der Waals surface area contributed by atoms with E-state index in [0.717, 1.165) is 25.0 Å². The van der Waals surface area contributed by atoms with Crippen LogP contribution in [0.2, 0.25) is 0 Å². The molecule has 2 aromatic carbocycles. The minimum atomic E-state index is -0.804. The normalized spacial score (nSPS) is 9.89. The highest BCUT2D eigenvalue weighted by Crippen LogP contribution is 2.43. The van der Waals surface area contributed by atoms with Crippen molar-refractivity contribution in [3.8, 4) is 5.75 Å². The molecule has 0 spiro atoms. The number of carbonyl (C=O) groups excluding carboxylic acids is 1. The minimum Gasteiger partial charge on any atom is -0.492 e. The molecule has 0 aliphatic carbocycles. The Labute approximate surface area is 267 Å². The maximum absolute atomic E-state index is 11.7. The third-order valence-electron chi connectivity index (χ3n) is 4.98. The van der Waals surface area contributed by atoms with Gasteiger partial charge in [-0.3, -0.25) is 34.6 Å². The fourth-order valence-electron chi connectivity index (χ4n) is 3.12. The number of nitro benzene ring substituents is 2. The van der Waals surface area contributed by atoms with Gasteiger partial charge in [-0.15, -0.1) is 10.2 Å². The van der Waals surface area contributed by atoms with Crippen LogP contribution in [0.4, 0.5) is 34.1 Å². The number of carboxylic acid groups (broad SMARTS) is 2. The van der Waals surface area contributed by atoms with Gasteiger partial charge in [-0.05, 0) is 41.8 Å². The number of rotatable bonds is 14. The Morgan fingerprint density at radius 1 is 0.978 bits per heavy atom. The predicted octanol–water partition coefficient (Wildman–Crippen LogP) is 7.87. The van der Waals surface area contributed by atoms with E-state index in [0.29, 0.717) is 30.9 Å². The van der Waals surface area contributed by atoms with Gasteiger partial charge in [0.1, 0.15) is 11.4 Å². The lowest BCUT2D eigenvalue weighted by atomic mass is 10.2. The fourth-order valence-corrected chi connectivity index (χ4v) is 3.64. The van der Waals surface area contributed by atoms with Crippen molar-refractivity contribution < 1.29 is 39.2 Å². The molecule has 45 heavy (non-hydrogen) atoms. The largest absolute Gasteiger partial charge is 0.492 e. The van der Waals surface area contributed by atoms with Crippen LogP contribution in [0.1, 0.15) is 53.4 Å². The molecule has 0 aliphatic heterocycles. The molecule has 16 nitrogen and oxygen atoms in total. The summed E-state index contributed by atoms with van der Waals surface area (Å²) in [7, 11) is 0. The third-order valence-corrected chi connectivity index (χ3v) is 5.58. The molecule has 0 aliphatic rings. The van der Waals surface area contributed by atoms with E-state index in [4.69, 9.17) is 14.9 Å². The highest BCUT2D eigenvalue weighted by molar-refractivity contribution is 9.10. The van der Waals surface area contributed by atoms with Gasteiger partial charge < -0.3 is 25.2 Å². The van der Waals surface area contributed by atoms with Gasteiger partial charge in [0.05, 0.1) is 38.4 Å². The van der Waals surface area contributed by atoms with Crippen molar-refractivity contribution in [2.45, 2.75) is 53.4 Å². The quantitative estimate of drug-likeness (QED) is 0.0978. The van der Waals surface area contributed by atoms with Crippen molar-refractivity contribution in [2.75, 3.05) is 16.8 Å². The number of azo groups is 1. The number of carboxylic acids is 2. The molecular weight excluding hydrogens is 660 g/mol. The summed E-state index contributed by atoms with van der Waals surface area (Å²) in [6, 6.07) is 4.91. The van der Waals surface area contributed by atoms with Crippen LogP contribution >= 0.6 is 15.9 Å². The molecule has 2 aromatic rings. The highest BCUT2D eigenvalue weighted by atomic mass is 79.9. The van der Waals surface area contributed by atoms with Gasteiger partial charge in [-0.1, -0.05) is 27.0 Å². The first-order valence-corrected chi connectivity index (χ1v) is 14.1. The summed E-state index contributed by atoms with van der Waals surface area (Å²) in [6.07, 6.45) is 5.02. The van der Waals surface area contributed by atoms with Gasteiger partial charge in [-0.25, -0.2) is 0 Å². The summed E-state index contributed by atoms with van der Waals surface area (Å²) in [6.45, 7) is 14.5. The van der Waals surface area contributed by atoms with E-state index in [1.165, 1.54) is 25.4 Å². The van der Waals surface area contributed by atoms with E-state index in [1.807, 2.05) is 13.8 Å². The van der Waals surface area contributed by atoms with Crippen LogP contribution < -0.4 is 15.0 Å². The molecule has 0 unspecified atom stereocenters. The zero-order valence-electron chi connectivity index (χ0n) is 25.2. The SMILES string of the molecule is C=CN(C=C)c1cc(NC(C)=O)c(N=Nc2c(Br)cc([N+](=O)[O-])cc2[N+](=O)[O-])cc1OCC.CCCC(=O)O.CCCC(=O)O. The second-order valence-electron chi connectivity index (χ2n) is 8.52. The monoisotopic (exact) mass is 694 g/mol. The van der Waals surface area contributed by atoms with Gasteiger partial charge in [0.15, 0.2) is 5.69 Å². The summed E-state index contributed by atoms with van der Waals surface area (Å²) in [5.41, 5.74) is -0.466. The number of hydrogen-bond donors (Lipinski definition) is 3. The van der Waals surface area contributed by atoms with E-state index in [-0.39, 0.29) is 21.5 Å². The predicted molar refractivity (Wildman–Crippen MR) is 172 cm³/mol. The maximum Gasteiger partial charge on any atom is 0.304 e. The van der Waals surface area contributed by atoms with Gasteiger partial charge in [-0.2, -0.15) is 0 Å². The average molecular weight is 696 g/mol. The highest BCUT2D eigenvalue weighted by Gasteiger charge is 2.24. The lowest BCUT2D eigenvalue weighted by Crippen LogP contribution is -2.11. The fraction of sp³-hybridized carbons (Fsp3) is 0.321. The molecule has 0 fully saturated rings. The number of nitrogens with one attached hydrogen (secondary N) is 1. The molecule has 3 N–H and O–H groups in total. The molecule has 0 heterocycles. The summed E-state index contributed by atoms with van der Waals surface area (Å²) in [5, 5.41) is 48.9. The average Bonchev–Trinajstić information content (AvgIpc) is 2.94. The number of amides is 1. The first-order valence-electron chi connectivity index (χ1n) is 13.3. The second-order valence-corrected chi connectivity index (χ2v) is 9.38. The number of anilines is 2. The second kappa shape index (κ2) is 20.7. The molecule has 1 amide bonds. The Morgan fingerprint density at radius 3 is 1.91 bits per heavy atom. The van der Waals surface area contributed by atoms with Crippen LogP contribution in [0.3, 0.4) is 0 Å². The molecule has 17 heteroatoms. The van der Waals surface area contributed by atoms with Crippen LogP contribution in [-0.2, 0) is 14.4 Å². The summed E-state index contributed by atoms with van der Waals surface area (Å²) >= 11 is 3.07. The smallest absolute Gasteiger partial charge is 0.304 e. The van der Waals surface area contributed by atoms with Crippen molar-refractivity contribution >= 4 is 67.9 Å². The Hall–Kier alpha value is -5.19. The summed E-state index contributed by atoms with van der Waals surface area (Å²) in [5.74, 6) is -1.46. The van der Waals surface area contributed by atoms with Crippen LogP contribution in [0.15, 0.2) is 64.5 Å². The maximum atomic E-state index is 11.7. The minimum absolute atomic E-state index is 0.000584. The van der Waals surface area contributed by atoms with Gasteiger partial charge in [0.25, 0.3) is 5.69 Å². The van der Waals surface area contributed by atoms with Crippen molar-refractivity contribution in [1.82, 2.24) is 0 Å². The van der Waals surface area contributed by atoms with Crippen LogP contribution in [0.5, 0.6) is 5.75 Å². The zero-order chi connectivity index (χ0) is 34.7. The number of ether oxygens (including phenoxy) is 1. The van der Waals surface area contributed by atoms with E-state index in [2.05, 4.69) is 44.6 Å². The van der Waals surface area contributed by atoms with Crippen molar-refractivity contribution in [3.63, 3.8) is 0 Å². The number of nitrogens with zero attached hydrogens (tertiary/aromatic N) is 5. The molecule has 0 atom stereocenters. The van der Waals surface area contributed by atoms with Crippen LogP contribution in [0.25, 0.3) is 0 Å². The Morgan fingerprint density at radius 2 is 1.53 bits per heavy atom. The standard InChI is InChI=1S/C20H19BrN6O6.2C4H8O2/c1-5-25(6-2)17-10-15(22-12(4)28)16(11-19(17)33-7-3)23-24-20-14(21)8-13(26(29)30)9-18(20)27(31)32;2*1-2-3-4(5)6/h5-6,8-11H,1-2,7H2,3-4H3,(H,22,28);2*2-3H2,1H3,(H,5,6). The Balaban J connectivity index is 0.00000136. The Kier molecular flexibility index (Phi) is 18.3. The molecular formula is C28H35BrN6O10. The number of aliphatic carboxylic acids is 2. The molecule has 0 radical (unpaired) electrons. The van der Waals surface area contributed by atoms with Crippen LogP contribution in [0, 0.1) is 20.2 Å². The van der Waals surface area contributed by atoms with Gasteiger partial charge in [0.2, 0.25) is 5.91 Å². The molecule has 244 valence electrons. The van der Waals surface area contributed by atoms with Crippen molar-refractivity contribution in [1.29, 1.82) is 0 Å². The lowest BCUT2D eigenvalue weighted by molar-refractivity contribution is -0.393. The number of hydrogen-bond acceptors (Lipinski definition) is 11. The summed E-state index contributed by atoms with van der Waals surface area (Å²) in [4.78, 5) is 53.4.